The summed E-state index contributed by atoms with van der Waals surface area (Å²) < 4.78 is 24.1. The zero-order chi connectivity index (χ0) is 12.6. The number of sulfonamides is 1. The normalized spacial score (nSPS) is 31.4. The molecule has 2 atom stereocenters. The van der Waals surface area contributed by atoms with E-state index in [0.29, 0.717) is 0 Å². The zero-order valence-corrected chi connectivity index (χ0v) is 11.2. The number of nitrogens with one attached hydrogen (secondary N) is 1. The van der Waals surface area contributed by atoms with Gasteiger partial charge in [-0.2, -0.15) is 0 Å². The van der Waals surface area contributed by atoms with Crippen molar-refractivity contribution in [2.45, 2.75) is 19.3 Å². The van der Waals surface area contributed by atoms with Gasteiger partial charge in [-0.05, 0) is 31.1 Å². The summed E-state index contributed by atoms with van der Waals surface area (Å²) in [5, 5.41) is 2.73. The lowest BCUT2D eigenvalue weighted by Gasteiger charge is -2.14. The van der Waals surface area contributed by atoms with E-state index in [2.05, 4.69) is 5.32 Å². The molecule has 0 bridgehead atoms. The molecule has 2 unspecified atom stereocenters. The topological polar surface area (TPSA) is 66.5 Å². The maximum Gasteiger partial charge on any atom is 0.223 e. The molecule has 0 aromatic carbocycles. The minimum absolute atomic E-state index is 0.0225. The van der Waals surface area contributed by atoms with Gasteiger partial charge >= 0.3 is 0 Å². The first kappa shape index (κ1) is 12.8. The Labute approximate surface area is 103 Å². The Morgan fingerprint density at radius 3 is 2.35 bits per heavy atom. The van der Waals surface area contributed by atoms with Gasteiger partial charge in [0.15, 0.2) is 0 Å². The molecule has 17 heavy (non-hydrogen) atoms. The number of carbonyl (C=O) groups excluding carboxylic acids is 1. The predicted octanol–water partition coefficient (Wildman–Crippen LogP) is 0.0401. The van der Waals surface area contributed by atoms with Gasteiger partial charge in [0, 0.05) is 26.6 Å². The lowest BCUT2D eigenvalue weighted by Crippen LogP contribution is -2.36. The van der Waals surface area contributed by atoms with E-state index in [0.717, 1.165) is 24.7 Å². The van der Waals surface area contributed by atoms with Crippen molar-refractivity contribution in [3.05, 3.63) is 0 Å². The first-order valence-corrected chi connectivity index (χ1v) is 7.69. The number of fused-ring (bicyclic) bond motifs is 1. The van der Waals surface area contributed by atoms with E-state index >= 15 is 0 Å². The van der Waals surface area contributed by atoms with Crippen molar-refractivity contribution in [1.82, 2.24) is 9.62 Å². The largest absolute Gasteiger partial charge is 0.355 e. The molecular formula is C11H20N2O3S. The molecule has 0 spiro atoms. The van der Waals surface area contributed by atoms with E-state index in [1.807, 2.05) is 0 Å². The summed E-state index contributed by atoms with van der Waals surface area (Å²) in [4.78, 5) is 11.7. The van der Waals surface area contributed by atoms with Crippen LogP contribution in [0.3, 0.4) is 0 Å². The second-order valence-corrected chi connectivity index (χ2v) is 7.62. The fraction of sp³-hybridized carbons (Fsp3) is 0.909. The summed E-state index contributed by atoms with van der Waals surface area (Å²) >= 11 is 0. The molecule has 2 fully saturated rings. The molecule has 0 aliphatic heterocycles. The Balaban J connectivity index is 1.70. The molecule has 0 radical (unpaired) electrons. The summed E-state index contributed by atoms with van der Waals surface area (Å²) in [6.45, 7) is 0.213. The minimum atomic E-state index is -3.20. The highest BCUT2D eigenvalue weighted by Gasteiger charge is 2.47. The molecule has 0 aromatic rings. The van der Waals surface area contributed by atoms with Gasteiger partial charge in [0.2, 0.25) is 15.9 Å². The molecular weight excluding hydrogens is 240 g/mol. The highest BCUT2D eigenvalue weighted by Crippen LogP contribution is 2.54. The van der Waals surface area contributed by atoms with Crippen molar-refractivity contribution in [3.8, 4) is 0 Å². The van der Waals surface area contributed by atoms with Gasteiger partial charge < -0.3 is 5.32 Å². The third-order valence-electron chi connectivity index (χ3n) is 3.83. The molecule has 2 rings (SSSR count). The lowest BCUT2D eigenvalue weighted by atomic mass is 10.0. The standard InChI is InChI=1S/C11H20N2O3S/c1-13(2)17(15,16)4-3-12-11(14)10-6-8-5-9(8)7-10/h8-10H,3-7H2,1-2H3,(H,12,14). The molecule has 1 N–H and O–H groups in total. The van der Waals surface area contributed by atoms with Gasteiger partial charge in [-0.1, -0.05) is 0 Å². The Hall–Kier alpha value is -0.620. The maximum absolute atomic E-state index is 11.7. The van der Waals surface area contributed by atoms with Crippen LogP contribution in [0.25, 0.3) is 0 Å². The van der Waals surface area contributed by atoms with E-state index in [1.54, 1.807) is 0 Å². The van der Waals surface area contributed by atoms with Gasteiger partial charge in [0.1, 0.15) is 0 Å². The molecule has 2 aliphatic carbocycles. The smallest absolute Gasteiger partial charge is 0.223 e. The summed E-state index contributed by atoms with van der Waals surface area (Å²) in [6, 6.07) is 0. The van der Waals surface area contributed by atoms with Crippen molar-refractivity contribution in [2.75, 3.05) is 26.4 Å². The monoisotopic (exact) mass is 260 g/mol. The van der Waals surface area contributed by atoms with Crippen molar-refractivity contribution < 1.29 is 13.2 Å². The third-order valence-corrected chi connectivity index (χ3v) is 5.66. The SMILES string of the molecule is CN(C)S(=O)(=O)CCNC(=O)C1CC2CC2C1. The van der Waals surface area contributed by atoms with E-state index in [4.69, 9.17) is 0 Å². The second-order valence-electron chi connectivity index (χ2n) is 5.31. The van der Waals surface area contributed by atoms with Crippen LogP contribution in [-0.4, -0.2) is 45.0 Å². The summed E-state index contributed by atoms with van der Waals surface area (Å²) in [5.41, 5.74) is 0. The van der Waals surface area contributed by atoms with Gasteiger partial charge in [-0.15, -0.1) is 0 Å². The van der Waals surface area contributed by atoms with Crippen LogP contribution in [-0.2, 0) is 14.8 Å². The first-order chi connectivity index (χ1) is 7.90. The maximum atomic E-state index is 11.7. The van der Waals surface area contributed by atoms with Crippen molar-refractivity contribution in [3.63, 3.8) is 0 Å². The van der Waals surface area contributed by atoms with Crippen LogP contribution in [0.5, 0.6) is 0 Å². The van der Waals surface area contributed by atoms with E-state index in [9.17, 15) is 13.2 Å². The van der Waals surface area contributed by atoms with Crippen LogP contribution in [0.2, 0.25) is 0 Å². The van der Waals surface area contributed by atoms with Gasteiger partial charge in [0.25, 0.3) is 0 Å². The molecule has 0 aromatic heterocycles. The highest BCUT2D eigenvalue weighted by molar-refractivity contribution is 7.89. The minimum Gasteiger partial charge on any atom is -0.355 e. The van der Waals surface area contributed by atoms with Crippen molar-refractivity contribution >= 4 is 15.9 Å². The summed E-state index contributed by atoms with van der Waals surface area (Å²) in [5.74, 6) is 1.69. The van der Waals surface area contributed by atoms with E-state index in [1.165, 1.54) is 24.8 Å². The Kier molecular flexibility index (Phi) is 3.45. The second kappa shape index (κ2) is 4.57. The Morgan fingerprint density at radius 2 is 1.82 bits per heavy atom. The fourth-order valence-corrected chi connectivity index (χ4v) is 3.28. The Morgan fingerprint density at radius 1 is 1.24 bits per heavy atom. The van der Waals surface area contributed by atoms with Crippen molar-refractivity contribution in [1.29, 1.82) is 0 Å². The molecule has 6 heteroatoms. The van der Waals surface area contributed by atoms with Crippen LogP contribution in [0.1, 0.15) is 19.3 Å². The van der Waals surface area contributed by atoms with Crippen LogP contribution in [0.15, 0.2) is 0 Å². The lowest BCUT2D eigenvalue weighted by molar-refractivity contribution is -0.124. The van der Waals surface area contributed by atoms with E-state index in [-0.39, 0.29) is 24.1 Å². The van der Waals surface area contributed by atoms with E-state index < -0.39 is 10.0 Å². The molecule has 0 heterocycles. The molecule has 98 valence electrons. The van der Waals surface area contributed by atoms with Gasteiger partial charge in [-0.25, -0.2) is 12.7 Å². The summed E-state index contributed by atoms with van der Waals surface area (Å²) in [6.07, 6.45) is 3.28. The summed E-state index contributed by atoms with van der Waals surface area (Å²) in [7, 11) is -0.197. The predicted molar refractivity (Wildman–Crippen MR) is 64.8 cm³/mol. The molecule has 0 saturated heterocycles. The average Bonchev–Trinajstić information content (AvgIpc) is 2.85. The van der Waals surface area contributed by atoms with Gasteiger partial charge in [0.05, 0.1) is 5.75 Å². The zero-order valence-electron chi connectivity index (χ0n) is 10.3. The number of amides is 1. The third kappa shape index (κ3) is 2.98. The van der Waals surface area contributed by atoms with Crippen LogP contribution < -0.4 is 5.32 Å². The number of hydrogen-bond donors (Lipinski definition) is 1. The molecule has 1 amide bonds. The van der Waals surface area contributed by atoms with Crippen LogP contribution >= 0.6 is 0 Å². The quantitative estimate of drug-likeness (QED) is 0.759. The fourth-order valence-electron chi connectivity index (χ4n) is 2.56. The average molecular weight is 260 g/mol. The van der Waals surface area contributed by atoms with Crippen molar-refractivity contribution in [2.24, 2.45) is 17.8 Å². The Bertz CT molecular complexity index is 395. The molecule has 2 saturated carbocycles. The number of hydrogen-bond acceptors (Lipinski definition) is 3. The van der Waals surface area contributed by atoms with Crippen LogP contribution in [0.4, 0.5) is 0 Å². The number of rotatable bonds is 5. The number of carbonyl (C=O) groups is 1. The van der Waals surface area contributed by atoms with Crippen LogP contribution in [0, 0.1) is 17.8 Å². The highest BCUT2D eigenvalue weighted by atomic mass is 32.2. The number of nitrogens with zero attached hydrogens (tertiary/aromatic N) is 1. The first-order valence-electron chi connectivity index (χ1n) is 6.08. The molecule has 2 aliphatic rings. The molecule has 5 nitrogen and oxygen atoms in total. The van der Waals surface area contributed by atoms with Gasteiger partial charge in [-0.3, -0.25) is 4.79 Å².